The van der Waals surface area contributed by atoms with Crippen LogP contribution < -0.4 is 0 Å². The highest BCUT2D eigenvalue weighted by atomic mass is 15.1. The summed E-state index contributed by atoms with van der Waals surface area (Å²) in [6.45, 7) is 11.8. The zero-order valence-corrected chi connectivity index (χ0v) is 21.6. The lowest BCUT2D eigenvalue weighted by Crippen LogP contribution is -1.66. The Balaban J connectivity index is 0.000000216. The summed E-state index contributed by atoms with van der Waals surface area (Å²) in [5, 5.41) is 19.3. The van der Waals surface area contributed by atoms with Crippen molar-refractivity contribution in [3.63, 3.8) is 0 Å². The molecule has 6 heterocycles. The first-order chi connectivity index (χ1) is 17.4. The number of aromatic amines is 6. The molecule has 6 aromatic heterocycles. The van der Waals surface area contributed by atoms with Crippen molar-refractivity contribution >= 4 is 0 Å². The number of imidazole rings is 3. The molecule has 0 unspecified atom stereocenters. The zero-order valence-electron chi connectivity index (χ0n) is 21.6. The second-order valence-corrected chi connectivity index (χ2v) is 7.40. The van der Waals surface area contributed by atoms with E-state index in [0.717, 1.165) is 28.6 Å². The third kappa shape index (κ3) is 16.8. The van der Waals surface area contributed by atoms with Crippen molar-refractivity contribution in [2.24, 2.45) is 0 Å². The molecule has 0 saturated carbocycles. The summed E-state index contributed by atoms with van der Waals surface area (Å²) in [5.41, 5.74) is 5.60. The first-order valence-electron chi connectivity index (χ1n) is 11.1. The first kappa shape index (κ1) is 29.3. The molecule has 0 radical (unpaired) electrons. The molecular weight excluding hydrogens is 456 g/mol. The third-order valence-electron chi connectivity index (χ3n) is 3.82. The first-order valence-corrected chi connectivity index (χ1v) is 11.1. The van der Waals surface area contributed by atoms with E-state index < -0.39 is 0 Å². The van der Waals surface area contributed by atoms with E-state index in [-0.39, 0.29) is 0 Å². The normalized spacial score (nSPS) is 8.83. The third-order valence-corrected chi connectivity index (χ3v) is 3.82. The van der Waals surface area contributed by atoms with Gasteiger partial charge in [-0.1, -0.05) is 0 Å². The molecule has 0 aliphatic rings. The van der Waals surface area contributed by atoms with Crippen LogP contribution in [-0.2, 0) is 0 Å². The number of hydrogen-bond acceptors (Lipinski definition) is 6. The van der Waals surface area contributed by atoms with Crippen molar-refractivity contribution in [3.8, 4) is 0 Å². The molecule has 0 saturated heterocycles. The van der Waals surface area contributed by atoms with E-state index in [9.17, 15) is 0 Å². The largest absolute Gasteiger partial charge is 0.349 e. The molecule has 12 heteroatoms. The highest BCUT2D eigenvalue weighted by Crippen LogP contribution is 1.85. The Morgan fingerprint density at radius 3 is 1.25 bits per heavy atom. The van der Waals surface area contributed by atoms with Gasteiger partial charge in [0.1, 0.15) is 5.82 Å². The van der Waals surface area contributed by atoms with Crippen molar-refractivity contribution < 1.29 is 0 Å². The maximum absolute atomic E-state index is 3.86. The maximum Gasteiger partial charge on any atom is 0.102 e. The minimum absolute atomic E-state index is 0.968. The van der Waals surface area contributed by atoms with Gasteiger partial charge in [-0.25, -0.2) is 15.0 Å². The zero-order chi connectivity index (χ0) is 26.4. The van der Waals surface area contributed by atoms with Crippen LogP contribution in [0, 0.1) is 41.5 Å². The predicted molar refractivity (Wildman–Crippen MR) is 140 cm³/mol. The van der Waals surface area contributed by atoms with Crippen LogP contribution in [-0.4, -0.2) is 60.5 Å². The van der Waals surface area contributed by atoms with Gasteiger partial charge in [0.15, 0.2) is 0 Å². The minimum Gasteiger partial charge on any atom is -0.349 e. The highest BCUT2D eigenvalue weighted by molar-refractivity contribution is 4.97. The van der Waals surface area contributed by atoms with Crippen molar-refractivity contribution in [3.05, 3.63) is 109 Å². The van der Waals surface area contributed by atoms with Gasteiger partial charge >= 0.3 is 0 Å². The molecule has 192 valence electrons. The van der Waals surface area contributed by atoms with Gasteiger partial charge in [0.05, 0.1) is 18.9 Å². The van der Waals surface area contributed by atoms with E-state index in [1.165, 1.54) is 5.56 Å². The van der Waals surface area contributed by atoms with Gasteiger partial charge < -0.3 is 15.0 Å². The van der Waals surface area contributed by atoms with E-state index in [4.69, 9.17) is 0 Å². The average molecular weight is 493 g/mol. The van der Waals surface area contributed by atoms with Crippen LogP contribution in [0.15, 0.2) is 74.4 Å². The van der Waals surface area contributed by atoms with Crippen LogP contribution >= 0.6 is 0 Å². The number of aryl methyl sites for hydroxylation is 6. The molecule has 0 aliphatic heterocycles. The summed E-state index contributed by atoms with van der Waals surface area (Å²) in [6, 6.07) is 3.83. The SMILES string of the molecule is Cc1ccn[nH]1.Cc1ccn[nH]1.Cc1cn[nH]c1.Cc1cnc[nH]1.Cc1cnc[nH]1.Cc1ncc[nH]1. The van der Waals surface area contributed by atoms with E-state index >= 15 is 0 Å². The summed E-state index contributed by atoms with van der Waals surface area (Å²) in [6.07, 6.45) is 17.5. The van der Waals surface area contributed by atoms with E-state index in [1.807, 2.05) is 59.9 Å². The van der Waals surface area contributed by atoms with Crippen molar-refractivity contribution in [2.45, 2.75) is 41.5 Å². The molecule has 0 fully saturated rings. The fraction of sp³-hybridized carbons (Fsp3) is 0.250. The number of aromatic nitrogens is 12. The lowest BCUT2D eigenvalue weighted by Gasteiger charge is -1.68. The Labute approximate surface area is 210 Å². The van der Waals surface area contributed by atoms with Crippen LogP contribution in [0.2, 0.25) is 0 Å². The minimum atomic E-state index is 0.968. The van der Waals surface area contributed by atoms with Crippen LogP contribution in [0.25, 0.3) is 0 Å². The number of hydrogen-bond donors (Lipinski definition) is 6. The quantitative estimate of drug-likeness (QED) is 0.184. The summed E-state index contributed by atoms with van der Waals surface area (Å²) < 4.78 is 0. The van der Waals surface area contributed by atoms with Gasteiger partial charge in [-0.3, -0.25) is 15.3 Å². The molecule has 0 aliphatic carbocycles. The molecule has 6 aromatic rings. The van der Waals surface area contributed by atoms with Gasteiger partial charge in [0, 0.05) is 66.2 Å². The van der Waals surface area contributed by atoms with Crippen LogP contribution in [0.5, 0.6) is 0 Å². The molecule has 6 rings (SSSR count). The number of H-pyrrole nitrogens is 6. The van der Waals surface area contributed by atoms with E-state index in [0.29, 0.717) is 0 Å². The predicted octanol–water partition coefficient (Wildman–Crippen LogP) is 4.31. The summed E-state index contributed by atoms with van der Waals surface area (Å²) in [5.74, 6) is 0.968. The molecule has 6 N–H and O–H groups in total. The van der Waals surface area contributed by atoms with Crippen molar-refractivity contribution in [2.75, 3.05) is 0 Å². The van der Waals surface area contributed by atoms with Crippen LogP contribution in [0.1, 0.15) is 34.2 Å². The second kappa shape index (κ2) is 18.7. The topological polar surface area (TPSA) is 172 Å². The Morgan fingerprint density at radius 2 is 1.14 bits per heavy atom. The number of rotatable bonds is 0. The molecule has 0 atom stereocenters. The lowest BCUT2D eigenvalue weighted by molar-refractivity contribution is 1.05. The summed E-state index contributed by atoms with van der Waals surface area (Å²) >= 11 is 0. The van der Waals surface area contributed by atoms with Crippen molar-refractivity contribution in [1.82, 2.24) is 60.5 Å². The molecule has 0 amide bonds. The fourth-order valence-electron chi connectivity index (χ4n) is 1.96. The second-order valence-electron chi connectivity index (χ2n) is 7.40. The van der Waals surface area contributed by atoms with Crippen LogP contribution in [0.3, 0.4) is 0 Å². The Bertz CT molecular complexity index is 905. The molecule has 12 nitrogen and oxygen atoms in total. The fourth-order valence-corrected chi connectivity index (χ4v) is 1.96. The Hall–Kier alpha value is -4.74. The lowest BCUT2D eigenvalue weighted by atomic mass is 10.4. The van der Waals surface area contributed by atoms with Gasteiger partial charge in [-0.15, -0.1) is 0 Å². The molecule has 0 aromatic carbocycles. The monoisotopic (exact) mass is 492 g/mol. The van der Waals surface area contributed by atoms with Gasteiger partial charge in [0.25, 0.3) is 0 Å². The summed E-state index contributed by atoms with van der Waals surface area (Å²) in [4.78, 5) is 20.1. The van der Waals surface area contributed by atoms with E-state index in [2.05, 4.69) is 60.5 Å². The maximum atomic E-state index is 3.86. The Kier molecular flexibility index (Phi) is 15.2. The van der Waals surface area contributed by atoms with Crippen molar-refractivity contribution in [1.29, 1.82) is 0 Å². The molecule has 0 bridgehead atoms. The van der Waals surface area contributed by atoms with Gasteiger partial charge in [-0.2, -0.15) is 15.3 Å². The van der Waals surface area contributed by atoms with Gasteiger partial charge in [-0.05, 0) is 59.2 Å². The van der Waals surface area contributed by atoms with Crippen LogP contribution in [0.4, 0.5) is 0 Å². The average Bonchev–Trinajstić information content (AvgIpc) is 3.67. The summed E-state index contributed by atoms with van der Waals surface area (Å²) in [7, 11) is 0. The molecule has 0 spiro atoms. The smallest absolute Gasteiger partial charge is 0.102 e. The number of nitrogens with one attached hydrogen (secondary N) is 6. The number of nitrogens with zero attached hydrogens (tertiary/aromatic N) is 6. The highest BCUT2D eigenvalue weighted by Gasteiger charge is 1.76. The standard InChI is InChI=1S/6C4H6N2/c2*1-4-2-5-3-6-4;1-4-2-5-6-3-4;1-4-5-2-3-6-4;2*1-4-2-3-5-6-4/h6*2-3H,1H3,(H,5,6). The Morgan fingerprint density at radius 1 is 0.583 bits per heavy atom. The van der Waals surface area contributed by atoms with Gasteiger partial charge in [0.2, 0.25) is 0 Å². The van der Waals surface area contributed by atoms with E-state index in [1.54, 1.807) is 56.0 Å². The molecule has 36 heavy (non-hydrogen) atoms. The molecular formula is C24H36N12.